The fraction of sp³-hybridized carbons (Fsp3) is 0.625. The minimum atomic E-state index is -1.24. The Hall–Kier alpha value is -1.59. The molecule has 0 aromatic carbocycles. The van der Waals surface area contributed by atoms with Crippen molar-refractivity contribution in [2.24, 2.45) is 0 Å². The molecule has 0 fully saturated rings. The van der Waals surface area contributed by atoms with Crippen LogP contribution < -0.4 is 5.32 Å². The smallest absolute Gasteiger partial charge is 0.340 e. The number of carboxylic acids is 1. The monoisotopic (exact) mass is 200 g/mol. The molecule has 1 atom stereocenters. The number of nitrogens with zero attached hydrogens (tertiary/aromatic N) is 1. The number of hydrogen-bond donors (Lipinski definition) is 2. The molecule has 0 aromatic heterocycles. The first kappa shape index (κ1) is 10.5. The number of carbonyl (C=O) groups is 1. The van der Waals surface area contributed by atoms with Crippen molar-refractivity contribution in [1.82, 2.24) is 5.32 Å². The van der Waals surface area contributed by atoms with Crippen LogP contribution in [0.15, 0.2) is 11.8 Å². The summed E-state index contributed by atoms with van der Waals surface area (Å²) in [7, 11) is 0. The van der Waals surface area contributed by atoms with E-state index in [-0.39, 0.29) is 12.0 Å². The molecule has 6 heteroatoms. The highest BCUT2D eigenvalue weighted by molar-refractivity contribution is 5.87. The first-order valence-corrected chi connectivity index (χ1v) is 4.18. The average molecular weight is 200 g/mol. The third-order valence-electron chi connectivity index (χ3n) is 2.18. The van der Waals surface area contributed by atoms with Gasteiger partial charge in [-0.25, -0.2) is 4.79 Å². The predicted molar refractivity (Wildman–Crippen MR) is 48.3 cm³/mol. The Kier molecular flexibility index (Phi) is 2.46. The molecule has 78 valence electrons. The van der Waals surface area contributed by atoms with Crippen molar-refractivity contribution in [2.45, 2.75) is 31.8 Å². The number of nitrogens with one attached hydrogen (secondary N) is 1. The van der Waals surface area contributed by atoms with Crippen LogP contribution in [-0.4, -0.2) is 27.6 Å². The Morgan fingerprint density at radius 3 is 2.79 bits per heavy atom. The molecule has 0 aliphatic carbocycles. The largest absolute Gasteiger partial charge is 0.478 e. The Morgan fingerprint density at radius 1 is 1.79 bits per heavy atom. The molecule has 0 saturated heterocycles. The number of aliphatic carboxylic acids is 1. The van der Waals surface area contributed by atoms with Crippen LogP contribution in [0.3, 0.4) is 0 Å². The van der Waals surface area contributed by atoms with Gasteiger partial charge in [-0.2, -0.15) is 0 Å². The van der Waals surface area contributed by atoms with Crippen molar-refractivity contribution in [2.75, 3.05) is 0 Å². The first-order valence-electron chi connectivity index (χ1n) is 4.18. The number of rotatable bonds is 2. The zero-order valence-corrected chi connectivity index (χ0v) is 7.98. The maximum atomic E-state index is 10.7. The highest BCUT2D eigenvalue weighted by Crippen LogP contribution is 2.23. The quantitative estimate of drug-likeness (QED) is 0.496. The van der Waals surface area contributed by atoms with E-state index in [9.17, 15) is 14.9 Å². The summed E-state index contributed by atoms with van der Waals surface area (Å²) in [4.78, 5) is 20.7. The van der Waals surface area contributed by atoms with Crippen LogP contribution >= 0.6 is 0 Å². The second-order valence-electron chi connectivity index (χ2n) is 3.94. The van der Waals surface area contributed by atoms with Gasteiger partial charge in [-0.15, -0.1) is 0 Å². The third kappa shape index (κ3) is 2.01. The van der Waals surface area contributed by atoms with Crippen LogP contribution in [0.2, 0.25) is 0 Å². The first-order chi connectivity index (χ1) is 6.33. The molecule has 0 radical (unpaired) electrons. The van der Waals surface area contributed by atoms with E-state index in [2.05, 4.69) is 5.32 Å². The summed E-state index contributed by atoms with van der Waals surface area (Å²) in [5.74, 6) is -1.24. The second-order valence-corrected chi connectivity index (χ2v) is 3.94. The van der Waals surface area contributed by atoms with Crippen LogP contribution in [0.5, 0.6) is 0 Å². The zero-order valence-electron chi connectivity index (χ0n) is 7.98. The number of carboxylic acid groups (broad SMARTS) is 1. The van der Waals surface area contributed by atoms with Gasteiger partial charge in [0, 0.05) is 23.1 Å². The fourth-order valence-electron chi connectivity index (χ4n) is 1.41. The summed E-state index contributed by atoms with van der Waals surface area (Å²) in [5.41, 5.74) is -0.620. The molecular weight excluding hydrogens is 188 g/mol. The van der Waals surface area contributed by atoms with Gasteiger partial charge in [-0.05, 0) is 13.8 Å². The minimum absolute atomic E-state index is 0.179. The van der Waals surface area contributed by atoms with Gasteiger partial charge >= 0.3 is 5.97 Å². The van der Waals surface area contributed by atoms with E-state index < -0.39 is 22.5 Å². The molecule has 1 aliphatic heterocycles. The Balaban J connectivity index is 2.99. The summed E-state index contributed by atoms with van der Waals surface area (Å²) in [6.07, 6.45) is 1.40. The zero-order chi connectivity index (χ0) is 10.9. The minimum Gasteiger partial charge on any atom is -0.478 e. The lowest BCUT2D eigenvalue weighted by molar-refractivity contribution is -0.514. The molecule has 0 saturated carbocycles. The second kappa shape index (κ2) is 3.28. The van der Waals surface area contributed by atoms with Crippen molar-refractivity contribution >= 4 is 5.97 Å². The van der Waals surface area contributed by atoms with Gasteiger partial charge in [-0.3, -0.25) is 10.1 Å². The molecule has 0 aromatic rings. The van der Waals surface area contributed by atoms with E-state index in [1.165, 1.54) is 6.20 Å². The van der Waals surface area contributed by atoms with Crippen molar-refractivity contribution < 1.29 is 14.8 Å². The molecule has 1 rings (SSSR count). The summed E-state index contributed by atoms with van der Waals surface area (Å²) in [5, 5.41) is 22.2. The van der Waals surface area contributed by atoms with Crippen LogP contribution in [0.4, 0.5) is 0 Å². The van der Waals surface area contributed by atoms with E-state index in [1.54, 1.807) is 13.8 Å². The van der Waals surface area contributed by atoms with Crippen molar-refractivity contribution in [3.63, 3.8) is 0 Å². The van der Waals surface area contributed by atoms with Gasteiger partial charge in [0.15, 0.2) is 0 Å². The molecular formula is C8H12N2O4. The molecule has 0 amide bonds. The van der Waals surface area contributed by atoms with Crippen LogP contribution in [0.1, 0.15) is 20.3 Å². The molecule has 1 aliphatic rings. The van der Waals surface area contributed by atoms with Gasteiger partial charge in [0.2, 0.25) is 6.04 Å². The van der Waals surface area contributed by atoms with Crippen LogP contribution in [0, 0.1) is 10.1 Å². The summed E-state index contributed by atoms with van der Waals surface area (Å²) in [6.45, 7) is 3.58. The Morgan fingerprint density at radius 2 is 2.36 bits per heavy atom. The van der Waals surface area contributed by atoms with E-state index in [1.807, 2.05) is 0 Å². The van der Waals surface area contributed by atoms with Gasteiger partial charge in [0.25, 0.3) is 0 Å². The van der Waals surface area contributed by atoms with E-state index in [4.69, 9.17) is 5.11 Å². The van der Waals surface area contributed by atoms with Crippen LogP contribution in [-0.2, 0) is 4.79 Å². The lowest BCUT2D eigenvalue weighted by Gasteiger charge is -2.31. The highest BCUT2D eigenvalue weighted by Gasteiger charge is 2.39. The lowest BCUT2D eigenvalue weighted by atomic mass is 9.88. The average Bonchev–Trinajstić information content (AvgIpc) is 2.01. The van der Waals surface area contributed by atoms with E-state index in [0.29, 0.717) is 0 Å². The topological polar surface area (TPSA) is 92.5 Å². The van der Waals surface area contributed by atoms with Gasteiger partial charge in [0.05, 0.1) is 0 Å². The molecule has 2 N–H and O–H groups in total. The van der Waals surface area contributed by atoms with E-state index in [0.717, 1.165) is 0 Å². The molecule has 1 heterocycles. The summed E-state index contributed by atoms with van der Waals surface area (Å²) < 4.78 is 0. The standard InChI is InChI=1S/C8H12N2O4/c1-8(2)3-6(10(13)14)5(4-9-8)7(11)12/h4,6,9H,3H2,1-2H3,(H,11,12). The maximum Gasteiger partial charge on any atom is 0.340 e. The highest BCUT2D eigenvalue weighted by atomic mass is 16.6. The van der Waals surface area contributed by atoms with Gasteiger partial charge in [-0.1, -0.05) is 0 Å². The normalized spacial score (nSPS) is 24.7. The lowest BCUT2D eigenvalue weighted by Crippen LogP contribution is -2.47. The van der Waals surface area contributed by atoms with Gasteiger partial charge in [0.1, 0.15) is 5.57 Å². The predicted octanol–water partition coefficient (Wildman–Crippen LogP) is 0.372. The Bertz CT molecular complexity index is 308. The van der Waals surface area contributed by atoms with Gasteiger partial charge < -0.3 is 10.4 Å². The summed E-state index contributed by atoms with van der Waals surface area (Å²) in [6, 6.07) is -1.12. The molecule has 1 unspecified atom stereocenters. The van der Waals surface area contributed by atoms with Crippen molar-refractivity contribution in [1.29, 1.82) is 0 Å². The third-order valence-corrected chi connectivity index (χ3v) is 2.18. The van der Waals surface area contributed by atoms with Crippen LogP contribution in [0.25, 0.3) is 0 Å². The molecule has 0 spiro atoms. The number of hydrogen-bond acceptors (Lipinski definition) is 4. The van der Waals surface area contributed by atoms with E-state index >= 15 is 0 Å². The maximum absolute atomic E-state index is 10.7. The molecule has 0 bridgehead atoms. The fourth-order valence-corrected chi connectivity index (χ4v) is 1.41. The molecule has 14 heavy (non-hydrogen) atoms. The van der Waals surface area contributed by atoms with Crippen molar-refractivity contribution in [3.8, 4) is 0 Å². The van der Waals surface area contributed by atoms with Crippen molar-refractivity contribution in [3.05, 3.63) is 21.9 Å². The Labute approximate surface area is 80.8 Å². The number of nitro groups is 1. The molecule has 6 nitrogen and oxygen atoms in total. The SMILES string of the molecule is CC1(C)CC([N+](=O)[O-])C(C(=O)O)=CN1. The summed E-state index contributed by atoms with van der Waals surface area (Å²) >= 11 is 0.